The SMILES string of the molecule is COc1ccc(NC(C)(C(=O)O)C(C)C)cc1. The number of carboxylic acid groups (broad SMARTS) is 1. The van der Waals surface area contributed by atoms with Crippen LogP contribution in [0.1, 0.15) is 20.8 Å². The van der Waals surface area contributed by atoms with Crippen LogP contribution in [0.25, 0.3) is 0 Å². The fraction of sp³-hybridized carbons (Fsp3) is 0.462. The third kappa shape index (κ3) is 2.90. The summed E-state index contributed by atoms with van der Waals surface area (Å²) in [6.45, 7) is 5.44. The molecule has 0 bridgehead atoms. The average molecular weight is 237 g/mol. The minimum Gasteiger partial charge on any atom is -0.497 e. The molecular formula is C13H19NO3. The molecule has 1 atom stereocenters. The largest absolute Gasteiger partial charge is 0.497 e. The highest BCUT2D eigenvalue weighted by Gasteiger charge is 2.36. The first-order chi connectivity index (χ1) is 7.90. The fourth-order valence-electron chi connectivity index (χ4n) is 1.42. The zero-order valence-electron chi connectivity index (χ0n) is 10.7. The second-order valence-corrected chi connectivity index (χ2v) is 4.52. The van der Waals surface area contributed by atoms with Crippen molar-refractivity contribution in [3.8, 4) is 5.75 Å². The third-order valence-electron chi connectivity index (χ3n) is 3.09. The summed E-state index contributed by atoms with van der Waals surface area (Å²) >= 11 is 0. The topological polar surface area (TPSA) is 58.6 Å². The first-order valence-corrected chi connectivity index (χ1v) is 5.55. The molecule has 4 nitrogen and oxygen atoms in total. The summed E-state index contributed by atoms with van der Waals surface area (Å²) in [6, 6.07) is 7.21. The van der Waals surface area contributed by atoms with E-state index in [0.717, 1.165) is 11.4 Å². The molecule has 0 aromatic heterocycles. The number of nitrogens with one attached hydrogen (secondary N) is 1. The van der Waals surface area contributed by atoms with Gasteiger partial charge in [-0.2, -0.15) is 0 Å². The minimum atomic E-state index is -0.978. The van der Waals surface area contributed by atoms with Crippen LogP contribution in [0.4, 0.5) is 5.69 Å². The summed E-state index contributed by atoms with van der Waals surface area (Å²) in [6.07, 6.45) is 0. The monoisotopic (exact) mass is 237 g/mol. The first-order valence-electron chi connectivity index (χ1n) is 5.55. The maximum atomic E-state index is 11.3. The predicted molar refractivity (Wildman–Crippen MR) is 67.5 cm³/mol. The van der Waals surface area contributed by atoms with Crippen molar-refractivity contribution < 1.29 is 14.6 Å². The molecule has 0 saturated carbocycles. The van der Waals surface area contributed by atoms with Gasteiger partial charge >= 0.3 is 5.97 Å². The van der Waals surface area contributed by atoms with Gasteiger partial charge in [-0.05, 0) is 37.1 Å². The van der Waals surface area contributed by atoms with Crippen LogP contribution in [0.15, 0.2) is 24.3 Å². The molecule has 94 valence electrons. The van der Waals surface area contributed by atoms with Gasteiger partial charge < -0.3 is 15.2 Å². The molecule has 0 saturated heterocycles. The number of aliphatic carboxylic acids is 1. The van der Waals surface area contributed by atoms with Crippen molar-refractivity contribution >= 4 is 11.7 Å². The van der Waals surface area contributed by atoms with Crippen LogP contribution < -0.4 is 10.1 Å². The molecule has 0 amide bonds. The van der Waals surface area contributed by atoms with Gasteiger partial charge in [-0.1, -0.05) is 13.8 Å². The van der Waals surface area contributed by atoms with E-state index in [4.69, 9.17) is 4.74 Å². The highest BCUT2D eigenvalue weighted by molar-refractivity contribution is 5.82. The van der Waals surface area contributed by atoms with Gasteiger partial charge in [-0.3, -0.25) is 0 Å². The van der Waals surface area contributed by atoms with Gasteiger partial charge in [0.05, 0.1) is 7.11 Å². The molecule has 0 aliphatic carbocycles. The molecule has 17 heavy (non-hydrogen) atoms. The van der Waals surface area contributed by atoms with Crippen LogP contribution in [-0.4, -0.2) is 23.7 Å². The Hall–Kier alpha value is -1.71. The zero-order valence-corrected chi connectivity index (χ0v) is 10.7. The van der Waals surface area contributed by atoms with E-state index in [1.165, 1.54) is 0 Å². The van der Waals surface area contributed by atoms with Gasteiger partial charge in [0, 0.05) is 5.69 Å². The molecule has 0 radical (unpaired) electrons. The van der Waals surface area contributed by atoms with Crippen molar-refractivity contribution in [2.24, 2.45) is 5.92 Å². The van der Waals surface area contributed by atoms with Gasteiger partial charge in [-0.25, -0.2) is 4.79 Å². The van der Waals surface area contributed by atoms with Gasteiger partial charge in [0.15, 0.2) is 0 Å². The average Bonchev–Trinajstić information content (AvgIpc) is 2.29. The number of ether oxygens (including phenoxy) is 1. The maximum Gasteiger partial charge on any atom is 0.329 e. The third-order valence-corrected chi connectivity index (χ3v) is 3.09. The Morgan fingerprint density at radius 2 is 1.88 bits per heavy atom. The Morgan fingerprint density at radius 1 is 1.35 bits per heavy atom. The van der Waals surface area contributed by atoms with E-state index >= 15 is 0 Å². The van der Waals surface area contributed by atoms with E-state index in [1.54, 1.807) is 26.2 Å². The van der Waals surface area contributed by atoms with Gasteiger partial charge in [0.1, 0.15) is 11.3 Å². The minimum absolute atomic E-state index is 0.0258. The molecule has 0 aliphatic heterocycles. The van der Waals surface area contributed by atoms with E-state index in [0.29, 0.717) is 0 Å². The summed E-state index contributed by atoms with van der Waals surface area (Å²) in [7, 11) is 1.60. The van der Waals surface area contributed by atoms with Crippen molar-refractivity contribution in [2.75, 3.05) is 12.4 Å². The molecular weight excluding hydrogens is 218 g/mol. The molecule has 2 N–H and O–H groups in total. The van der Waals surface area contributed by atoms with E-state index in [1.807, 2.05) is 26.0 Å². The molecule has 0 fully saturated rings. The molecule has 0 heterocycles. The second kappa shape index (κ2) is 5.08. The van der Waals surface area contributed by atoms with Crippen molar-refractivity contribution in [1.29, 1.82) is 0 Å². The number of carbonyl (C=O) groups is 1. The normalized spacial score (nSPS) is 14.2. The molecule has 1 aromatic rings. The predicted octanol–water partition coefficient (Wildman–Crippen LogP) is 2.61. The summed E-state index contributed by atoms with van der Waals surface area (Å²) in [5, 5.41) is 12.3. The van der Waals surface area contributed by atoms with Gasteiger partial charge in [-0.15, -0.1) is 0 Å². The second-order valence-electron chi connectivity index (χ2n) is 4.52. The van der Waals surface area contributed by atoms with E-state index in [-0.39, 0.29) is 5.92 Å². The first kappa shape index (κ1) is 13.4. The number of methoxy groups -OCH3 is 1. The highest BCUT2D eigenvalue weighted by Crippen LogP contribution is 2.24. The van der Waals surface area contributed by atoms with Crippen molar-refractivity contribution in [3.63, 3.8) is 0 Å². The lowest BCUT2D eigenvalue weighted by molar-refractivity contribution is -0.143. The molecule has 1 aromatic carbocycles. The Morgan fingerprint density at radius 3 is 2.24 bits per heavy atom. The Bertz CT molecular complexity index is 386. The van der Waals surface area contributed by atoms with Crippen molar-refractivity contribution in [1.82, 2.24) is 0 Å². The number of carboxylic acids is 1. The Balaban J connectivity index is 2.90. The van der Waals surface area contributed by atoms with Crippen molar-refractivity contribution in [2.45, 2.75) is 26.3 Å². The van der Waals surface area contributed by atoms with Gasteiger partial charge in [0.25, 0.3) is 0 Å². The lowest BCUT2D eigenvalue weighted by Gasteiger charge is -2.31. The summed E-state index contributed by atoms with van der Waals surface area (Å²) < 4.78 is 5.05. The quantitative estimate of drug-likeness (QED) is 0.826. The van der Waals surface area contributed by atoms with Crippen LogP contribution in [0.3, 0.4) is 0 Å². The number of hydrogen-bond donors (Lipinski definition) is 2. The molecule has 0 spiro atoms. The molecule has 1 rings (SSSR count). The Labute approximate surface area is 102 Å². The number of hydrogen-bond acceptors (Lipinski definition) is 3. The van der Waals surface area contributed by atoms with Crippen LogP contribution in [0, 0.1) is 5.92 Å². The van der Waals surface area contributed by atoms with E-state index < -0.39 is 11.5 Å². The summed E-state index contributed by atoms with van der Waals surface area (Å²) in [5.74, 6) is -0.137. The van der Waals surface area contributed by atoms with E-state index in [2.05, 4.69) is 5.32 Å². The Kier molecular flexibility index (Phi) is 3.99. The van der Waals surface area contributed by atoms with Crippen LogP contribution in [0.2, 0.25) is 0 Å². The highest BCUT2D eigenvalue weighted by atomic mass is 16.5. The number of anilines is 1. The van der Waals surface area contributed by atoms with Gasteiger partial charge in [0.2, 0.25) is 0 Å². The fourth-order valence-corrected chi connectivity index (χ4v) is 1.42. The van der Waals surface area contributed by atoms with Crippen molar-refractivity contribution in [3.05, 3.63) is 24.3 Å². The van der Waals surface area contributed by atoms with Crippen LogP contribution >= 0.6 is 0 Å². The van der Waals surface area contributed by atoms with Crippen LogP contribution in [-0.2, 0) is 4.79 Å². The number of rotatable bonds is 5. The standard InChI is InChI=1S/C13H19NO3/c1-9(2)13(3,12(15)16)14-10-5-7-11(17-4)8-6-10/h5-9,14H,1-4H3,(H,15,16). The number of benzene rings is 1. The molecule has 1 unspecified atom stereocenters. The van der Waals surface area contributed by atoms with E-state index in [9.17, 15) is 9.90 Å². The smallest absolute Gasteiger partial charge is 0.329 e. The summed E-state index contributed by atoms with van der Waals surface area (Å²) in [5.41, 5.74) is -0.210. The zero-order chi connectivity index (χ0) is 13.1. The summed E-state index contributed by atoms with van der Waals surface area (Å²) in [4.78, 5) is 11.3. The van der Waals surface area contributed by atoms with Crippen LogP contribution in [0.5, 0.6) is 5.75 Å². The molecule has 0 aliphatic rings. The maximum absolute atomic E-state index is 11.3. The lowest BCUT2D eigenvalue weighted by Crippen LogP contribution is -2.48. The lowest BCUT2D eigenvalue weighted by atomic mass is 9.88. The molecule has 4 heteroatoms.